The fourth-order valence-electron chi connectivity index (χ4n) is 3.03. The summed E-state index contributed by atoms with van der Waals surface area (Å²) in [6, 6.07) is 5.73. The number of primary amides is 1. The van der Waals surface area contributed by atoms with E-state index >= 15 is 0 Å². The quantitative estimate of drug-likeness (QED) is 0.753. The second kappa shape index (κ2) is 4.41. The molecule has 4 rings (SSSR count). The third kappa shape index (κ3) is 1.81. The predicted molar refractivity (Wildman–Crippen MR) is 79.9 cm³/mol. The van der Waals surface area contributed by atoms with Gasteiger partial charge in [0.15, 0.2) is 0 Å². The number of pyridine rings is 2. The summed E-state index contributed by atoms with van der Waals surface area (Å²) in [5.74, 6) is -0.437. The third-order valence-corrected chi connectivity index (χ3v) is 4.03. The number of H-pyrrole nitrogens is 1. The van der Waals surface area contributed by atoms with E-state index in [1.165, 1.54) is 0 Å². The van der Waals surface area contributed by atoms with Gasteiger partial charge >= 0.3 is 0 Å². The molecule has 3 aromatic rings. The van der Waals surface area contributed by atoms with Gasteiger partial charge in [0, 0.05) is 29.0 Å². The summed E-state index contributed by atoms with van der Waals surface area (Å²) in [5.41, 5.74) is 10.6. The van der Waals surface area contributed by atoms with Crippen molar-refractivity contribution in [1.82, 2.24) is 15.0 Å². The Morgan fingerprint density at radius 2 is 2.19 bits per heavy atom. The highest BCUT2D eigenvalue weighted by molar-refractivity contribution is 6.03. The maximum absolute atomic E-state index is 11.8. The average molecular weight is 278 g/mol. The van der Waals surface area contributed by atoms with Crippen LogP contribution in [0.1, 0.15) is 28.0 Å². The first kappa shape index (κ1) is 12.1. The molecule has 3 heterocycles. The van der Waals surface area contributed by atoms with Gasteiger partial charge in [0.25, 0.3) is 5.91 Å². The van der Waals surface area contributed by atoms with E-state index in [0.29, 0.717) is 11.3 Å². The topological polar surface area (TPSA) is 84.7 Å². The Bertz CT molecular complexity index is 866. The van der Waals surface area contributed by atoms with Crippen LogP contribution in [-0.4, -0.2) is 20.9 Å². The van der Waals surface area contributed by atoms with Crippen molar-refractivity contribution in [1.29, 1.82) is 0 Å². The molecule has 0 unspecified atom stereocenters. The molecule has 0 atom stereocenters. The molecule has 0 radical (unpaired) electrons. The lowest BCUT2D eigenvalue weighted by Crippen LogP contribution is -2.14. The van der Waals surface area contributed by atoms with Crippen molar-refractivity contribution < 1.29 is 4.79 Å². The summed E-state index contributed by atoms with van der Waals surface area (Å²) in [7, 11) is 0. The second-order valence-corrected chi connectivity index (χ2v) is 5.31. The Balaban J connectivity index is 2.03. The highest BCUT2D eigenvalue weighted by Crippen LogP contribution is 2.31. The molecular formula is C16H14N4O. The Labute approximate surface area is 121 Å². The lowest BCUT2D eigenvalue weighted by Gasteiger charge is -2.10. The van der Waals surface area contributed by atoms with Crippen molar-refractivity contribution in [2.45, 2.75) is 19.3 Å². The number of rotatable bonds is 2. The number of hydrogen-bond donors (Lipinski definition) is 2. The van der Waals surface area contributed by atoms with Crippen molar-refractivity contribution in [3.8, 4) is 11.3 Å². The van der Waals surface area contributed by atoms with Crippen molar-refractivity contribution in [2.75, 3.05) is 0 Å². The molecular weight excluding hydrogens is 264 g/mol. The van der Waals surface area contributed by atoms with Crippen LogP contribution < -0.4 is 5.73 Å². The molecule has 5 nitrogen and oxygen atoms in total. The van der Waals surface area contributed by atoms with E-state index in [1.807, 2.05) is 24.4 Å². The molecule has 0 fully saturated rings. The molecule has 21 heavy (non-hydrogen) atoms. The predicted octanol–water partition coefficient (Wildman–Crippen LogP) is 2.21. The molecule has 0 spiro atoms. The Morgan fingerprint density at radius 3 is 3.05 bits per heavy atom. The fraction of sp³-hybridized carbons (Fsp3) is 0.188. The molecule has 1 amide bonds. The summed E-state index contributed by atoms with van der Waals surface area (Å²) >= 11 is 0. The van der Waals surface area contributed by atoms with Gasteiger partial charge in [0.05, 0.1) is 11.3 Å². The maximum atomic E-state index is 11.8. The van der Waals surface area contributed by atoms with Gasteiger partial charge in [-0.2, -0.15) is 0 Å². The summed E-state index contributed by atoms with van der Waals surface area (Å²) in [6.45, 7) is 0. The van der Waals surface area contributed by atoms with Gasteiger partial charge in [-0.25, -0.2) is 4.98 Å². The Hall–Kier alpha value is -2.69. The maximum Gasteiger partial charge on any atom is 0.250 e. The summed E-state index contributed by atoms with van der Waals surface area (Å²) in [6.07, 6.45) is 6.56. The first-order chi connectivity index (χ1) is 10.2. The van der Waals surface area contributed by atoms with Crippen LogP contribution in [0.15, 0.2) is 30.6 Å². The molecule has 0 saturated carbocycles. The standard InChI is InChI=1S/C16H14N4O/c17-15(21)12-8-9-2-1-3-13(9)20-14(12)10-4-6-18-16-11(10)5-7-19-16/h4-8H,1-3H2,(H2,17,21)(H,18,19). The van der Waals surface area contributed by atoms with E-state index in [-0.39, 0.29) is 0 Å². The number of hydrogen-bond acceptors (Lipinski definition) is 3. The highest BCUT2D eigenvalue weighted by Gasteiger charge is 2.21. The van der Waals surface area contributed by atoms with Crippen LogP contribution in [0.3, 0.4) is 0 Å². The van der Waals surface area contributed by atoms with Gasteiger partial charge in [-0.3, -0.25) is 9.78 Å². The first-order valence-electron chi connectivity index (χ1n) is 6.99. The number of aromatic nitrogens is 3. The van der Waals surface area contributed by atoms with E-state index in [0.717, 1.165) is 47.1 Å². The third-order valence-electron chi connectivity index (χ3n) is 4.03. The zero-order valence-corrected chi connectivity index (χ0v) is 11.4. The van der Waals surface area contributed by atoms with Gasteiger partial charge in [-0.1, -0.05) is 0 Å². The lowest BCUT2D eigenvalue weighted by atomic mass is 10.0. The minimum atomic E-state index is -0.437. The monoisotopic (exact) mass is 278 g/mol. The van der Waals surface area contributed by atoms with Gasteiger partial charge in [-0.15, -0.1) is 0 Å². The van der Waals surface area contributed by atoms with Crippen LogP contribution in [0.5, 0.6) is 0 Å². The van der Waals surface area contributed by atoms with Crippen LogP contribution >= 0.6 is 0 Å². The largest absolute Gasteiger partial charge is 0.366 e. The molecule has 3 aromatic heterocycles. The normalized spacial score (nSPS) is 13.5. The molecule has 0 aliphatic heterocycles. The number of carbonyl (C=O) groups excluding carboxylic acids is 1. The number of aromatic amines is 1. The molecule has 3 N–H and O–H groups in total. The number of carbonyl (C=O) groups is 1. The van der Waals surface area contributed by atoms with E-state index in [1.54, 1.807) is 6.20 Å². The molecule has 5 heteroatoms. The zero-order chi connectivity index (χ0) is 14.4. The van der Waals surface area contributed by atoms with E-state index in [2.05, 4.69) is 9.97 Å². The van der Waals surface area contributed by atoms with Crippen LogP contribution in [0, 0.1) is 0 Å². The summed E-state index contributed by atoms with van der Waals surface area (Å²) in [4.78, 5) is 23.9. The Kier molecular flexibility index (Phi) is 2.54. The van der Waals surface area contributed by atoms with Crippen molar-refractivity contribution in [3.63, 3.8) is 0 Å². The van der Waals surface area contributed by atoms with Crippen LogP contribution in [-0.2, 0) is 12.8 Å². The molecule has 0 bridgehead atoms. The minimum Gasteiger partial charge on any atom is -0.366 e. The van der Waals surface area contributed by atoms with Gasteiger partial charge < -0.3 is 10.7 Å². The van der Waals surface area contributed by atoms with E-state index in [4.69, 9.17) is 10.7 Å². The van der Waals surface area contributed by atoms with Crippen molar-refractivity contribution in [3.05, 3.63) is 47.4 Å². The number of nitrogens with zero attached hydrogens (tertiary/aromatic N) is 2. The number of aryl methyl sites for hydroxylation is 2. The molecule has 0 saturated heterocycles. The zero-order valence-electron chi connectivity index (χ0n) is 11.4. The minimum absolute atomic E-state index is 0.437. The SMILES string of the molecule is NC(=O)c1cc2c(nc1-c1ccnc3[nH]ccc13)CCC2. The molecule has 104 valence electrons. The van der Waals surface area contributed by atoms with Gasteiger partial charge in [0.2, 0.25) is 0 Å². The highest BCUT2D eigenvalue weighted by atomic mass is 16.1. The van der Waals surface area contributed by atoms with Crippen molar-refractivity contribution >= 4 is 16.9 Å². The van der Waals surface area contributed by atoms with Crippen molar-refractivity contribution in [2.24, 2.45) is 5.73 Å². The molecule has 1 aliphatic carbocycles. The number of nitrogens with one attached hydrogen (secondary N) is 1. The summed E-state index contributed by atoms with van der Waals surface area (Å²) in [5, 5.41) is 0.949. The fourth-order valence-corrected chi connectivity index (χ4v) is 3.03. The number of fused-ring (bicyclic) bond motifs is 2. The van der Waals surface area contributed by atoms with Gasteiger partial charge in [-0.05, 0) is 43.0 Å². The van der Waals surface area contributed by atoms with E-state index < -0.39 is 5.91 Å². The van der Waals surface area contributed by atoms with Gasteiger partial charge in [0.1, 0.15) is 5.65 Å². The van der Waals surface area contributed by atoms with Crippen LogP contribution in [0.25, 0.3) is 22.3 Å². The second-order valence-electron chi connectivity index (χ2n) is 5.31. The Morgan fingerprint density at radius 1 is 1.29 bits per heavy atom. The summed E-state index contributed by atoms with van der Waals surface area (Å²) < 4.78 is 0. The average Bonchev–Trinajstić information content (AvgIpc) is 3.13. The molecule has 0 aromatic carbocycles. The van der Waals surface area contributed by atoms with Crippen LogP contribution in [0.2, 0.25) is 0 Å². The van der Waals surface area contributed by atoms with Crippen LogP contribution in [0.4, 0.5) is 0 Å². The number of nitrogens with two attached hydrogens (primary N) is 1. The smallest absolute Gasteiger partial charge is 0.250 e. The first-order valence-corrected chi connectivity index (χ1v) is 6.99. The molecule has 1 aliphatic rings. The lowest BCUT2D eigenvalue weighted by molar-refractivity contribution is 0.100. The van der Waals surface area contributed by atoms with E-state index in [9.17, 15) is 4.79 Å². The number of amides is 1.